The summed E-state index contributed by atoms with van der Waals surface area (Å²) in [5.41, 5.74) is 8.56. The predicted octanol–water partition coefficient (Wildman–Crippen LogP) is 2.59. The summed E-state index contributed by atoms with van der Waals surface area (Å²) >= 11 is 0. The number of nitrogens with zero attached hydrogens (tertiary/aromatic N) is 3. The van der Waals surface area contributed by atoms with Crippen LogP contribution in [-0.4, -0.2) is 26.5 Å². The second kappa shape index (κ2) is 7.14. The lowest BCUT2D eigenvalue weighted by Crippen LogP contribution is -2.00. The number of carbonyl (C=O) groups is 1. The summed E-state index contributed by atoms with van der Waals surface area (Å²) in [6.07, 6.45) is 1.37. The highest BCUT2D eigenvalue weighted by atomic mass is 16.5. The van der Waals surface area contributed by atoms with Crippen LogP contribution in [0.5, 0.6) is 11.5 Å². The Morgan fingerprint density at radius 1 is 1.53 bits per heavy atom. The SMILES string of the molecule is COc1cc(OCCCN=[N+]=[N-])ccc1C=O. The molecule has 0 spiro atoms. The van der Waals surface area contributed by atoms with Gasteiger partial charge < -0.3 is 9.47 Å². The highest BCUT2D eigenvalue weighted by molar-refractivity contribution is 5.79. The van der Waals surface area contributed by atoms with E-state index in [1.807, 2.05) is 0 Å². The first kappa shape index (κ1) is 12.9. The number of hydrogen-bond donors (Lipinski definition) is 0. The third kappa shape index (κ3) is 4.04. The normalized spacial score (nSPS) is 9.24. The monoisotopic (exact) mass is 235 g/mol. The van der Waals surface area contributed by atoms with Crippen molar-refractivity contribution in [1.82, 2.24) is 0 Å². The molecule has 17 heavy (non-hydrogen) atoms. The second-order valence-electron chi connectivity index (χ2n) is 3.18. The molecular formula is C11H13N3O3. The Balaban J connectivity index is 2.54. The highest BCUT2D eigenvalue weighted by Gasteiger charge is 2.03. The number of azide groups is 1. The van der Waals surface area contributed by atoms with Crippen LogP contribution in [0.2, 0.25) is 0 Å². The molecule has 0 aliphatic rings. The van der Waals surface area contributed by atoms with Crippen LogP contribution < -0.4 is 9.47 Å². The number of rotatable bonds is 7. The van der Waals surface area contributed by atoms with E-state index < -0.39 is 0 Å². The lowest BCUT2D eigenvalue weighted by Gasteiger charge is -2.08. The third-order valence-corrected chi connectivity index (χ3v) is 2.07. The van der Waals surface area contributed by atoms with Crippen LogP contribution in [-0.2, 0) is 0 Å². The van der Waals surface area contributed by atoms with Crippen molar-refractivity contribution in [3.05, 3.63) is 34.2 Å². The third-order valence-electron chi connectivity index (χ3n) is 2.07. The van der Waals surface area contributed by atoms with E-state index in [0.29, 0.717) is 36.6 Å². The lowest BCUT2D eigenvalue weighted by atomic mass is 10.2. The molecule has 0 bridgehead atoms. The van der Waals surface area contributed by atoms with Crippen molar-refractivity contribution >= 4 is 6.29 Å². The van der Waals surface area contributed by atoms with Gasteiger partial charge in [-0.2, -0.15) is 0 Å². The zero-order valence-corrected chi connectivity index (χ0v) is 9.50. The molecule has 6 nitrogen and oxygen atoms in total. The quantitative estimate of drug-likeness (QED) is 0.239. The lowest BCUT2D eigenvalue weighted by molar-refractivity contribution is 0.112. The summed E-state index contributed by atoms with van der Waals surface area (Å²) in [7, 11) is 1.49. The molecule has 0 unspecified atom stereocenters. The van der Waals surface area contributed by atoms with E-state index in [0.717, 1.165) is 6.29 Å². The summed E-state index contributed by atoms with van der Waals surface area (Å²) < 4.78 is 10.5. The fourth-order valence-electron chi connectivity index (χ4n) is 1.25. The molecule has 1 aromatic carbocycles. The molecule has 0 saturated carbocycles. The van der Waals surface area contributed by atoms with Crippen molar-refractivity contribution in [2.24, 2.45) is 5.11 Å². The van der Waals surface area contributed by atoms with Crippen molar-refractivity contribution in [3.8, 4) is 11.5 Å². The molecule has 0 fully saturated rings. The van der Waals surface area contributed by atoms with Crippen LogP contribution in [0.3, 0.4) is 0 Å². The summed E-state index contributed by atoms with van der Waals surface area (Å²) in [5, 5.41) is 3.39. The number of carbonyl (C=O) groups excluding carboxylic acids is 1. The molecule has 1 rings (SSSR count). The Labute approximate surface area is 98.8 Å². The molecule has 0 aliphatic heterocycles. The van der Waals surface area contributed by atoms with E-state index in [2.05, 4.69) is 10.0 Å². The molecule has 0 heterocycles. The largest absolute Gasteiger partial charge is 0.496 e. The fourth-order valence-corrected chi connectivity index (χ4v) is 1.25. The zero-order valence-electron chi connectivity index (χ0n) is 9.50. The average molecular weight is 235 g/mol. The number of methoxy groups -OCH3 is 1. The first-order valence-corrected chi connectivity index (χ1v) is 5.08. The van der Waals surface area contributed by atoms with Gasteiger partial charge in [0.15, 0.2) is 6.29 Å². The van der Waals surface area contributed by atoms with Gasteiger partial charge in [-0.1, -0.05) is 5.11 Å². The number of hydrogen-bond acceptors (Lipinski definition) is 4. The van der Waals surface area contributed by atoms with Crippen molar-refractivity contribution in [1.29, 1.82) is 0 Å². The van der Waals surface area contributed by atoms with Crippen LogP contribution in [0.4, 0.5) is 0 Å². The average Bonchev–Trinajstić information content (AvgIpc) is 2.38. The Kier molecular flexibility index (Phi) is 5.40. The van der Waals surface area contributed by atoms with Gasteiger partial charge in [-0.05, 0) is 24.1 Å². The molecule has 0 N–H and O–H groups in total. The van der Waals surface area contributed by atoms with E-state index >= 15 is 0 Å². The van der Waals surface area contributed by atoms with Crippen LogP contribution in [0.15, 0.2) is 23.3 Å². The van der Waals surface area contributed by atoms with E-state index in [9.17, 15) is 4.79 Å². The Morgan fingerprint density at radius 2 is 2.35 bits per heavy atom. The first-order valence-electron chi connectivity index (χ1n) is 5.08. The summed E-state index contributed by atoms with van der Waals surface area (Å²) in [4.78, 5) is 13.3. The minimum atomic E-state index is 0.403. The molecular weight excluding hydrogens is 222 g/mol. The standard InChI is InChI=1S/C11H13N3O3/c1-16-11-7-10(4-3-9(11)8-15)17-6-2-5-13-14-12/h3-4,7-8H,2,5-6H2,1H3. The topological polar surface area (TPSA) is 84.3 Å². The highest BCUT2D eigenvalue weighted by Crippen LogP contribution is 2.23. The van der Waals surface area contributed by atoms with Gasteiger partial charge in [0.2, 0.25) is 0 Å². The van der Waals surface area contributed by atoms with Gasteiger partial charge in [0, 0.05) is 17.5 Å². The Hall–Kier alpha value is -2.20. The Bertz CT molecular complexity index is 428. The molecule has 0 radical (unpaired) electrons. The summed E-state index contributed by atoms with van der Waals surface area (Å²) in [6, 6.07) is 4.98. The van der Waals surface area contributed by atoms with Gasteiger partial charge in [-0.3, -0.25) is 4.79 Å². The van der Waals surface area contributed by atoms with Crippen molar-refractivity contribution in [3.63, 3.8) is 0 Å². The maximum Gasteiger partial charge on any atom is 0.153 e. The van der Waals surface area contributed by atoms with E-state index in [1.165, 1.54) is 7.11 Å². The van der Waals surface area contributed by atoms with Gasteiger partial charge in [-0.15, -0.1) is 0 Å². The molecule has 0 aliphatic carbocycles. The van der Waals surface area contributed by atoms with Crippen molar-refractivity contribution in [2.75, 3.05) is 20.3 Å². The van der Waals surface area contributed by atoms with Gasteiger partial charge in [0.1, 0.15) is 11.5 Å². The predicted molar refractivity (Wildman–Crippen MR) is 62.5 cm³/mol. The minimum Gasteiger partial charge on any atom is -0.496 e. The second-order valence-corrected chi connectivity index (χ2v) is 3.18. The molecule has 0 amide bonds. The van der Waals surface area contributed by atoms with Gasteiger partial charge >= 0.3 is 0 Å². The van der Waals surface area contributed by atoms with E-state index in [4.69, 9.17) is 15.0 Å². The van der Waals surface area contributed by atoms with Crippen LogP contribution in [0, 0.1) is 0 Å². The molecule has 0 saturated heterocycles. The van der Waals surface area contributed by atoms with Crippen LogP contribution >= 0.6 is 0 Å². The number of aldehydes is 1. The molecule has 0 aromatic heterocycles. The maximum atomic E-state index is 10.7. The minimum absolute atomic E-state index is 0.403. The van der Waals surface area contributed by atoms with Crippen molar-refractivity contribution < 1.29 is 14.3 Å². The summed E-state index contributed by atoms with van der Waals surface area (Å²) in [5.74, 6) is 1.10. The number of ether oxygens (including phenoxy) is 2. The van der Waals surface area contributed by atoms with Gasteiger partial charge in [0.05, 0.1) is 19.3 Å². The maximum absolute atomic E-state index is 10.7. The van der Waals surface area contributed by atoms with Crippen molar-refractivity contribution in [2.45, 2.75) is 6.42 Å². The zero-order chi connectivity index (χ0) is 12.5. The van der Waals surface area contributed by atoms with Gasteiger partial charge in [0.25, 0.3) is 0 Å². The molecule has 1 aromatic rings. The Morgan fingerprint density at radius 3 is 3.00 bits per heavy atom. The first-order chi connectivity index (χ1) is 8.31. The molecule has 90 valence electrons. The summed E-state index contributed by atoms with van der Waals surface area (Å²) in [6.45, 7) is 0.850. The van der Waals surface area contributed by atoms with E-state index in [-0.39, 0.29) is 0 Å². The van der Waals surface area contributed by atoms with E-state index in [1.54, 1.807) is 18.2 Å². The van der Waals surface area contributed by atoms with Gasteiger partial charge in [-0.25, -0.2) is 0 Å². The number of benzene rings is 1. The van der Waals surface area contributed by atoms with Crippen LogP contribution in [0.25, 0.3) is 10.4 Å². The fraction of sp³-hybridized carbons (Fsp3) is 0.364. The van der Waals surface area contributed by atoms with Crippen LogP contribution in [0.1, 0.15) is 16.8 Å². The smallest absolute Gasteiger partial charge is 0.153 e. The molecule has 6 heteroatoms. The molecule has 0 atom stereocenters.